The van der Waals surface area contributed by atoms with E-state index in [-0.39, 0.29) is 5.63 Å². The van der Waals surface area contributed by atoms with Gasteiger partial charge in [0.05, 0.1) is 17.0 Å². The molecule has 128 valence electrons. The molecule has 4 heteroatoms. The van der Waals surface area contributed by atoms with Crippen LogP contribution in [0.5, 0.6) is 0 Å². The number of hydrogen-bond donors (Lipinski definition) is 0. The summed E-state index contributed by atoms with van der Waals surface area (Å²) in [5, 5.41) is 0.885. The van der Waals surface area contributed by atoms with E-state index < -0.39 is 0 Å². The maximum absolute atomic E-state index is 12.4. The van der Waals surface area contributed by atoms with Gasteiger partial charge >= 0.3 is 5.63 Å². The Morgan fingerprint density at radius 1 is 1.04 bits per heavy atom. The molecule has 0 aliphatic rings. The Kier molecular flexibility index (Phi) is 4.45. The van der Waals surface area contributed by atoms with Gasteiger partial charge in [0, 0.05) is 31.2 Å². The molecule has 0 radical (unpaired) electrons. The number of anilines is 1. The highest BCUT2D eigenvalue weighted by atomic mass is 16.4. The lowest BCUT2D eigenvalue weighted by Crippen LogP contribution is -2.12. The van der Waals surface area contributed by atoms with Crippen LogP contribution < -0.4 is 10.5 Å². The van der Waals surface area contributed by atoms with Crippen LogP contribution in [0, 0.1) is 13.8 Å². The molecule has 0 amide bonds. The Morgan fingerprint density at radius 3 is 2.48 bits per heavy atom. The first-order valence-corrected chi connectivity index (χ1v) is 8.23. The topological polar surface area (TPSA) is 45.8 Å². The maximum Gasteiger partial charge on any atom is 0.345 e. The molecule has 0 saturated heterocycles. The minimum atomic E-state index is -0.366. The maximum atomic E-state index is 12.4. The molecule has 0 fully saturated rings. The van der Waals surface area contributed by atoms with Gasteiger partial charge in [0.2, 0.25) is 0 Å². The van der Waals surface area contributed by atoms with Crippen LogP contribution in [-0.2, 0) is 0 Å². The van der Waals surface area contributed by atoms with Crippen LogP contribution in [0.1, 0.15) is 23.6 Å². The van der Waals surface area contributed by atoms with Gasteiger partial charge in [0.15, 0.2) is 0 Å². The third kappa shape index (κ3) is 3.48. The van der Waals surface area contributed by atoms with Crippen LogP contribution >= 0.6 is 0 Å². The van der Waals surface area contributed by atoms with Crippen molar-refractivity contribution < 1.29 is 4.42 Å². The van der Waals surface area contributed by atoms with Crippen molar-refractivity contribution in [2.24, 2.45) is 4.99 Å². The Labute approximate surface area is 147 Å². The van der Waals surface area contributed by atoms with Gasteiger partial charge < -0.3 is 9.32 Å². The van der Waals surface area contributed by atoms with E-state index in [4.69, 9.17) is 4.42 Å². The highest BCUT2D eigenvalue weighted by molar-refractivity contribution is 6.02. The third-order valence-electron chi connectivity index (χ3n) is 4.27. The molecule has 25 heavy (non-hydrogen) atoms. The number of rotatable bonds is 3. The predicted molar refractivity (Wildman–Crippen MR) is 105 cm³/mol. The largest absolute Gasteiger partial charge is 0.422 e. The van der Waals surface area contributed by atoms with E-state index in [1.807, 2.05) is 76.2 Å². The average molecular weight is 334 g/mol. The molecule has 0 unspecified atom stereocenters. The average Bonchev–Trinajstić information content (AvgIpc) is 2.56. The number of hydrogen-bond acceptors (Lipinski definition) is 4. The molecule has 1 aromatic heterocycles. The second kappa shape index (κ2) is 6.55. The Balaban J connectivity index is 2.08. The van der Waals surface area contributed by atoms with Crippen molar-refractivity contribution in [3.8, 4) is 0 Å². The van der Waals surface area contributed by atoms with Crippen LogP contribution in [0.2, 0.25) is 0 Å². The number of aryl methyl sites for hydroxylation is 2. The van der Waals surface area contributed by atoms with Gasteiger partial charge in [-0.3, -0.25) is 4.99 Å². The monoisotopic (exact) mass is 334 g/mol. The molecule has 3 aromatic rings. The summed E-state index contributed by atoms with van der Waals surface area (Å²) in [6.45, 7) is 5.91. The van der Waals surface area contributed by atoms with E-state index in [0.717, 1.165) is 22.3 Å². The summed E-state index contributed by atoms with van der Waals surface area (Å²) in [4.78, 5) is 19.0. The lowest BCUT2D eigenvalue weighted by Gasteiger charge is -2.12. The third-order valence-corrected chi connectivity index (χ3v) is 4.27. The van der Waals surface area contributed by atoms with E-state index in [1.165, 1.54) is 5.56 Å². The molecule has 0 atom stereocenters. The summed E-state index contributed by atoms with van der Waals surface area (Å²) in [5.74, 6) is 0. The van der Waals surface area contributed by atoms with E-state index in [9.17, 15) is 4.79 Å². The summed E-state index contributed by atoms with van der Waals surface area (Å²) >= 11 is 0. The molecule has 1 heterocycles. The second-order valence-corrected chi connectivity index (χ2v) is 6.55. The van der Waals surface area contributed by atoms with Gasteiger partial charge in [-0.15, -0.1) is 0 Å². The fourth-order valence-electron chi connectivity index (χ4n) is 2.80. The molecule has 0 aliphatic heterocycles. The fourth-order valence-corrected chi connectivity index (χ4v) is 2.80. The Morgan fingerprint density at radius 2 is 1.80 bits per heavy atom. The van der Waals surface area contributed by atoms with Gasteiger partial charge in [0.1, 0.15) is 5.58 Å². The first-order valence-electron chi connectivity index (χ1n) is 8.23. The van der Waals surface area contributed by atoms with E-state index in [2.05, 4.69) is 11.1 Å². The lowest BCUT2D eigenvalue weighted by molar-refractivity contribution is 0.559. The van der Waals surface area contributed by atoms with Crippen LogP contribution in [0.15, 0.2) is 56.7 Å². The van der Waals surface area contributed by atoms with Crippen LogP contribution in [0.25, 0.3) is 11.0 Å². The standard InChI is InChI=1S/C21H22N2O2/c1-13-6-9-19(14(2)10-13)22-15(3)18-11-16-7-8-17(23(4)5)12-20(16)25-21(18)24/h6-12H,1-5H3. The van der Waals surface area contributed by atoms with Gasteiger partial charge in [0.25, 0.3) is 0 Å². The van der Waals surface area contributed by atoms with Gasteiger partial charge in [-0.1, -0.05) is 17.7 Å². The van der Waals surface area contributed by atoms with Crippen molar-refractivity contribution in [3.63, 3.8) is 0 Å². The van der Waals surface area contributed by atoms with Crippen LogP contribution in [0.4, 0.5) is 11.4 Å². The van der Waals surface area contributed by atoms with Crippen molar-refractivity contribution in [2.75, 3.05) is 19.0 Å². The number of aliphatic imine (C=N–C) groups is 1. The van der Waals surface area contributed by atoms with E-state index >= 15 is 0 Å². The summed E-state index contributed by atoms with van der Waals surface area (Å²) in [7, 11) is 3.91. The molecule has 0 N–H and O–H groups in total. The highest BCUT2D eigenvalue weighted by Crippen LogP contribution is 2.23. The Bertz CT molecular complexity index is 1030. The normalized spacial score (nSPS) is 11.8. The fraction of sp³-hybridized carbons (Fsp3) is 0.238. The van der Waals surface area contributed by atoms with Crippen molar-refractivity contribution in [2.45, 2.75) is 20.8 Å². The number of fused-ring (bicyclic) bond motifs is 1. The first-order chi connectivity index (χ1) is 11.8. The van der Waals surface area contributed by atoms with Gasteiger partial charge in [-0.2, -0.15) is 0 Å². The first kappa shape index (κ1) is 17.0. The van der Waals surface area contributed by atoms with Gasteiger partial charge in [-0.25, -0.2) is 4.79 Å². The molecule has 2 aromatic carbocycles. The molecule has 0 spiro atoms. The molecular weight excluding hydrogens is 312 g/mol. The van der Waals surface area contributed by atoms with Crippen LogP contribution in [0.3, 0.4) is 0 Å². The molecule has 3 rings (SSSR count). The summed E-state index contributed by atoms with van der Waals surface area (Å²) in [6.07, 6.45) is 0. The zero-order valence-electron chi connectivity index (χ0n) is 15.3. The number of benzene rings is 2. The van der Waals surface area contributed by atoms with Crippen molar-refractivity contribution in [1.82, 2.24) is 0 Å². The summed E-state index contributed by atoms with van der Waals surface area (Å²) in [6, 6.07) is 13.8. The zero-order chi connectivity index (χ0) is 18.1. The van der Waals surface area contributed by atoms with Gasteiger partial charge in [-0.05, 0) is 50.6 Å². The summed E-state index contributed by atoms with van der Waals surface area (Å²) < 4.78 is 5.53. The molecule has 4 nitrogen and oxygen atoms in total. The molecule has 0 bridgehead atoms. The van der Waals surface area contributed by atoms with E-state index in [0.29, 0.717) is 16.9 Å². The van der Waals surface area contributed by atoms with Crippen molar-refractivity contribution in [1.29, 1.82) is 0 Å². The smallest absolute Gasteiger partial charge is 0.345 e. The van der Waals surface area contributed by atoms with E-state index in [1.54, 1.807) is 0 Å². The van der Waals surface area contributed by atoms with Crippen molar-refractivity contribution in [3.05, 3.63) is 69.6 Å². The molecular formula is C21H22N2O2. The predicted octanol–water partition coefficient (Wildman–Crippen LogP) is 4.62. The SMILES string of the molecule is CC(=Nc1ccc(C)cc1C)c1cc2ccc(N(C)C)cc2oc1=O. The second-order valence-electron chi connectivity index (χ2n) is 6.55. The molecule has 0 aliphatic carbocycles. The highest BCUT2D eigenvalue weighted by Gasteiger charge is 2.10. The molecule has 0 saturated carbocycles. The lowest BCUT2D eigenvalue weighted by atomic mass is 10.1. The number of nitrogens with zero attached hydrogens (tertiary/aromatic N) is 2. The van der Waals surface area contributed by atoms with Crippen LogP contribution in [-0.4, -0.2) is 19.8 Å². The van der Waals surface area contributed by atoms with Crippen molar-refractivity contribution >= 4 is 28.1 Å². The summed E-state index contributed by atoms with van der Waals surface area (Å²) in [5.41, 5.74) is 5.49. The quantitative estimate of drug-likeness (QED) is 0.519. The zero-order valence-corrected chi connectivity index (χ0v) is 15.3. The minimum absolute atomic E-state index is 0.366. The Hall–Kier alpha value is -2.88. The minimum Gasteiger partial charge on any atom is -0.422 e.